The van der Waals surface area contributed by atoms with Gasteiger partial charge >= 0.3 is 5.97 Å². The molecule has 1 aromatic rings. The number of aliphatic carboxylic acids is 1. The predicted octanol–water partition coefficient (Wildman–Crippen LogP) is 1.03. The van der Waals surface area contributed by atoms with E-state index in [2.05, 4.69) is 0 Å². The van der Waals surface area contributed by atoms with Crippen molar-refractivity contribution in [2.75, 3.05) is 13.1 Å². The summed E-state index contributed by atoms with van der Waals surface area (Å²) in [5, 5.41) is 8.97. The quantitative estimate of drug-likeness (QED) is 0.844. The van der Waals surface area contributed by atoms with Crippen LogP contribution >= 0.6 is 22.9 Å². The maximum Gasteiger partial charge on any atom is 0.325 e. The lowest BCUT2D eigenvalue weighted by Crippen LogP contribution is -2.50. The first-order valence-corrected chi connectivity index (χ1v) is 6.19. The van der Waals surface area contributed by atoms with Gasteiger partial charge in [0.25, 0.3) is 5.91 Å². The summed E-state index contributed by atoms with van der Waals surface area (Å²) in [5.74, 6) is -1.28. The average molecular weight is 275 g/mol. The number of halogens is 1. The number of hydrogen-bond donors (Lipinski definition) is 2. The number of likely N-dealkylation sites (tertiary alicyclic amines) is 1. The third kappa shape index (κ3) is 2.29. The summed E-state index contributed by atoms with van der Waals surface area (Å²) in [6, 6.07) is 3.27. The molecule has 1 fully saturated rings. The minimum absolute atomic E-state index is 0.0384. The van der Waals surface area contributed by atoms with Crippen molar-refractivity contribution in [3.63, 3.8) is 0 Å². The first-order chi connectivity index (χ1) is 7.92. The molecule has 0 radical (unpaired) electrons. The molecular formula is C10H11ClN2O3S. The molecule has 0 aliphatic carbocycles. The van der Waals surface area contributed by atoms with Gasteiger partial charge in [-0.15, -0.1) is 11.3 Å². The predicted molar refractivity (Wildman–Crippen MR) is 64.4 cm³/mol. The number of carbonyl (C=O) groups is 2. The minimum Gasteiger partial charge on any atom is -0.480 e. The van der Waals surface area contributed by atoms with E-state index >= 15 is 0 Å². The van der Waals surface area contributed by atoms with E-state index in [0.29, 0.717) is 15.8 Å². The summed E-state index contributed by atoms with van der Waals surface area (Å²) in [4.78, 5) is 24.9. The van der Waals surface area contributed by atoms with Crippen LogP contribution in [0.15, 0.2) is 12.1 Å². The molecule has 1 aliphatic rings. The van der Waals surface area contributed by atoms with E-state index in [1.54, 1.807) is 12.1 Å². The molecule has 1 saturated heterocycles. The van der Waals surface area contributed by atoms with Gasteiger partial charge in [-0.25, -0.2) is 0 Å². The lowest BCUT2D eigenvalue weighted by atomic mass is 10.0. The van der Waals surface area contributed by atoms with E-state index in [1.807, 2.05) is 0 Å². The fourth-order valence-corrected chi connectivity index (χ4v) is 2.78. The molecule has 3 N–H and O–H groups in total. The van der Waals surface area contributed by atoms with Crippen LogP contribution in [0.25, 0.3) is 0 Å². The van der Waals surface area contributed by atoms with Crippen molar-refractivity contribution < 1.29 is 14.7 Å². The maximum atomic E-state index is 12.0. The fraction of sp³-hybridized carbons (Fsp3) is 0.400. The SMILES string of the molecule is NC1(C(=O)O)CCN(C(=O)c2ccc(Cl)s2)C1. The van der Waals surface area contributed by atoms with Crippen LogP contribution in [-0.2, 0) is 4.79 Å². The van der Waals surface area contributed by atoms with Gasteiger partial charge in [0.05, 0.1) is 9.21 Å². The van der Waals surface area contributed by atoms with Gasteiger partial charge in [0.2, 0.25) is 0 Å². The number of nitrogens with zero attached hydrogens (tertiary/aromatic N) is 1. The lowest BCUT2D eigenvalue weighted by Gasteiger charge is -2.19. The molecule has 1 aliphatic heterocycles. The summed E-state index contributed by atoms with van der Waals surface area (Å²) in [5.41, 5.74) is 4.37. The summed E-state index contributed by atoms with van der Waals surface area (Å²) < 4.78 is 0.532. The highest BCUT2D eigenvalue weighted by molar-refractivity contribution is 7.17. The normalized spacial score (nSPS) is 24.0. The number of hydrogen-bond acceptors (Lipinski definition) is 4. The van der Waals surface area contributed by atoms with Crippen molar-refractivity contribution in [3.05, 3.63) is 21.3 Å². The Hall–Kier alpha value is -1.11. The Morgan fingerprint density at radius 1 is 1.53 bits per heavy atom. The molecule has 1 unspecified atom stereocenters. The smallest absolute Gasteiger partial charge is 0.325 e. The fourth-order valence-electron chi connectivity index (χ4n) is 1.77. The van der Waals surface area contributed by atoms with Gasteiger partial charge in [0.15, 0.2) is 0 Å². The molecule has 7 heteroatoms. The Balaban J connectivity index is 2.11. The molecule has 17 heavy (non-hydrogen) atoms. The molecule has 2 rings (SSSR count). The van der Waals surface area contributed by atoms with Gasteiger partial charge in [0.1, 0.15) is 5.54 Å². The molecule has 0 aromatic carbocycles. The number of thiophene rings is 1. The van der Waals surface area contributed by atoms with Crippen molar-refractivity contribution in [1.29, 1.82) is 0 Å². The van der Waals surface area contributed by atoms with Gasteiger partial charge in [-0.3, -0.25) is 9.59 Å². The van der Waals surface area contributed by atoms with Crippen LogP contribution in [0.1, 0.15) is 16.1 Å². The Labute approximate surface area is 107 Å². The molecule has 5 nitrogen and oxygen atoms in total. The minimum atomic E-state index is -1.32. The van der Waals surface area contributed by atoms with E-state index in [9.17, 15) is 9.59 Å². The standard InChI is InChI=1S/C10H11ClN2O3S/c11-7-2-1-6(17-7)8(14)13-4-3-10(12,5-13)9(15)16/h1-2H,3-5,12H2,(H,15,16). The Morgan fingerprint density at radius 3 is 2.71 bits per heavy atom. The molecule has 1 amide bonds. The summed E-state index contributed by atoms with van der Waals surface area (Å²) in [7, 11) is 0. The van der Waals surface area contributed by atoms with Gasteiger partial charge in [-0.1, -0.05) is 11.6 Å². The maximum absolute atomic E-state index is 12.0. The van der Waals surface area contributed by atoms with E-state index in [-0.39, 0.29) is 18.9 Å². The third-order valence-electron chi connectivity index (χ3n) is 2.80. The Kier molecular flexibility index (Phi) is 3.11. The van der Waals surface area contributed by atoms with Crippen LogP contribution in [0.5, 0.6) is 0 Å². The van der Waals surface area contributed by atoms with Crippen LogP contribution in [-0.4, -0.2) is 40.5 Å². The van der Waals surface area contributed by atoms with Crippen molar-refractivity contribution in [2.24, 2.45) is 5.73 Å². The average Bonchev–Trinajstić information content (AvgIpc) is 2.85. The van der Waals surface area contributed by atoms with Gasteiger partial charge < -0.3 is 15.7 Å². The summed E-state index contributed by atoms with van der Waals surface area (Å²) in [6.45, 7) is 0.397. The van der Waals surface area contributed by atoms with Gasteiger partial charge in [0, 0.05) is 13.1 Å². The second-order valence-electron chi connectivity index (χ2n) is 4.04. The van der Waals surface area contributed by atoms with Crippen molar-refractivity contribution >= 4 is 34.8 Å². The van der Waals surface area contributed by atoms with Crippen molar-refractivity contribution in [2.45, 2.75) is 12.0 Å². The van der Waals surface area contributed by atoms with Crippen LogP contribution < -0.4 is 5.73 Å². The van der Waals surface area contributed by atoms with Crippen molar-refractivity contribution in [1.82, 2.24) is 4.90 Å². The largest absolute Gasteiger partial charge is 0.480 e. The number of carbonyl (C=O) groups excluding carboxylic acids is 1. The first kappa shape index (κ1) is 12.3. The molecular weight excluding hydrogens is 264 g/mol. The van der Waals surface area contributed by atoms with Crippen LogP contribution in [0.2, 0.25) is 4.34 Å². The highest BCUT2D eigenvalue weighted by Crippen LogP contribution is 2.26. The summed E-state index contributed by atoms with van der Waals surface area (Å²) in [6.07, 6.45) is 0.271. The van der Waals surface area contributed by atoms with E-state index in [0.717, 1.165) is 0 Å². The highest BCUT2D eigenvalue weighted by Gasteiger charge is 2.43. The van der Waals surface area contributed by atoms with Crippen LogP contribution in [0.3, 0.4) is 0 Å². The monoisotopic (exact) mass is 274 g/mol. The van der Waals surface area contributed by atoms with Crippen LogP contribution in [0.4, 0.5) is 0 Å². The zero-order valence-corrected chi connectivity index (χ0v) is 10.4. The molecule has 2 heterocycles. The number of amides is 1. The number of carboxylic acids is 1. The molecule has 1 aromatic heterocycles. The zero-order chi connectivity index (χ0) is 12.6. The van der Waals surface area contributed by atoms with E-state index in [1.165, 1.54) is 16.2 Å². The Morgan fingerprint density at radius 2 is 2.24 bits per heavy atom. The number of rotatable bonds is 2. The first-order valence-electron chi connectivity index (χ1n) is 4.99. The molecule has 1 atom stereocenters. The molecule has 0 spiro atoms. The van der Waals surface area contributed by atoms with Gasteiger partial charge in [-0.05, 0) is 18.6 Å². The number of nitrogens with two attached hydrogens (primary N) is 1. The van der Waals surface area contributed by atoms with Gasteiger partial charge in [-0.2, -0.15) is 0 Å². The summed E-state index contributed by atoms with van der Waals surface area (Å²) >= 11 is 6.92. The van der Waals surface area contributed by atoms with E-state index in [4.69, 9.17) is 22.4 Å². The highest BCUT2D eigenvalue weighted by atomic mass is 35.5. The lowest BCUT2D eigenvalue weighted by molar-refractivity contribution is -0.142. The second kappa shape index (κ2) is 4.29. The van der Waals surface area contributed by atoms with E-state index < -0.39 is 11.5 Å². The zero-order valence-electron chi connectivity index (χ0n) is 8.85. The third-order valence-corrected chi connectivity index (χ3v) is 4.02. The molecule has 0 bridgehead atoms. The van der Waals surface area contributed by atoms with Crippen molar-refractivity contribution in [3.8, 4) is 0 Å². The number of carboxylic acid groups (broad SMARTS) is 1. The molecule has 92 valence electrons. The topological polar surface area (TPSA) is 83.6 Å². The second-order valence-corrected chi connectivity index (χ2v) is 5.76. The Bertz CT molecular complexity index is 476. The molecule has 0 saturated carbocycles. The van der Waals surface area contributed by atoms with Crippen LogP contribution in [0, 0.1) is 0 Å².